The molecule has 2 aromatic rings. The number of H-pyrrole nitrogens is 1. The lowest BCUT2D eigenvalue weighted by molar-refractivity contribution is 0.859. The summed E-state index contributed by atoms with van der Waals surface area (Å²) in [5.74, 6) is 0. The highest BCUT2D eigenvalue weighted by molar-refractivity contribution is 7.99. The first kappa shape index (κ1) is 12.8. The Morgan fingerprint density at radius 2 is 2.28 bits per heavy atom. The summed E-state index contributed by atoms with van der Waals surface area (Å²) in [7, 11) is 0. The van der Waals surface area contributed by atoms with Gasteiger partial charge in [0, 0.05) is 30.4 Å². The van der Waals surface area contributed by atoms with Gasteiger partial charge in [0.15, 0.2) is 5.16 Å². The molecule has 0 saturated carbocycles. The summed E-state index contributed by atoms with van der Waals surface area (Å²) < 4.78 is 0. The van der Waals surface area contributed by atoms with Crippen LogP contribution in [0.4, 0.5) is 0 Å². The van der Waals surface area contributed by atoms with Crippen molar-refractivity contribution in [1.82, 2.24) is 19.9 Å². The lowest BCUT2D eigenvalue weighted by Gasteiger charge is -2.09. The van der Waals surface area contributed by atoms with Crippen molar-refractivity contribution < 1.29 is 0 Å². The van der Waals surface area contributed by atoms with E-state index in [0.717, 1.165) is 17.8 Å². The molecule has 6 heteroatoms. The zero-order valence-corrected chi connectivity index (χ0v) is 11.1. The third kappa shape index (κ3) is 3.16. The van der Waals surface area contributed by atoms with Gasteiger partial charge in [-0.2, -0.15) is 0 Å². The monoisotopic (exact) mass is 262 g/mol. The number of aryl methyl sites for hydroxylation is 1. The lowest BCUT2D eigenvalue weighted by Crippen LogP contribution is -2.10. The number of rotatable bonds is 4. The first-order chi connectivity index (χ1) is 8.69. The second-order valence-corrected chi connectivity index (χ2v) is 5.12. The topological polar surface area (TPSA) is 71.5 Å². The molecule has 0 aliphatic carbocycles. The predicted molar refractivity (Wildman–Crippen MR) is 70.5 cm³/mol. The molecule has 18 heavy (non-hydrogen) atoms. The van der Waals surface area contributed by atoms with E-state index in [-0.39, 0.29) is 10.8 Å². The maximum atomic E-state index is 11.5. The van der Waals surface area contributed by atoms with Crippen LogP contribution in [-0.2, 0) is 6.42 Å². The molecule has 2 heterocycles. The van der Waals surface area contributed by atoms with Gasteiger partial charge in [-0.25, -0.2) is 4.98 Å². The van der Waals surface area contributed by atoms with Crippen LogP contribution in [0, 0.1) is 0 Å². The predicted octanol–water partition coefficient (Wildman–Crippen LogP) is 1.98. The largest absolute Gasteiger partial charge is 0.301 e. The van der Waals surface area contributed by atoms with Crippen molar-refractivity contribution in [2.24, 2.45) is 0 Å². The van der Waals surface area contributed by atoms with E-state index in [4.69, 9.17) is 0 Å². The molecule has 1 atom stereocenters. The zero-order chi connectivity index (χ0) is 13.0. The van der Waals surface area contributed by atoms with Crippen molar-refractivity contribution in [3.63, 3.8) is 0 Å². The Kier molecular flexibility index (Phi) is 4.09. The fraction of sp³-hybridized carbons (Fsp3) is 0.333. The molecule has 2 aromatic heterocycles. The van der Waals surface area contributed by atoms with Crippen LogP contribution in [-0.4, -0.2) is 19.9 Å². The van der Waals surface area contributed by atoms with Crippen LogP contribution in [0.15, 0.2) is 34.6 Å². The van der Waals surface area contributed by atoms with Crippen LogP contribution in [0.5, 0.6) is 0 Å². The molecule has 0 saturated heterocycles. The lowest BCUT2D eigenvalue weighted by atomic mass is 10.3. The van der Waals surface area contributed by atoms with E-state index in [1.165, 1.54) is 17.8 Å². The molecule has 0 amide bonds. The number of aromatic nitrogens is 4. The Morgan fingerprint density at radius 1 is 1.44 bits per heavy atom. The molecule has 0 spiro atoms. The van der Waals surface area contributed by atoms with Crippen LogP contribution in [0.25, 0.3) is 0 Å². The van der Waals surface area contributed by atoms with Crippen molar-refractivity contribution in [3.05, 3.63) is 46.4 Å². The molecule has 94 valence electrons. The SMILES string of the molecule is CCc1cc(=O)[nH]c(S[C@H](C)c2cnccn2)n1. The third-order valence-corrected chi connectivity index (χ3v) is 3.43. The first-order valence-corrected chi connectivity index (χ1v) is 6.60. The number of nitrogens with zero attached hydrogens (tertiary/aromatic N) is 3. The second-order valence-electron chi connectivity index (χ2n) is 3.79. The minimum Gasteiger partial charge on any atom is -0.301 e. The molecule has 0 unspecified atom stereocenters. The normalized spacial score (nSPS) is 12.3. The van der Waals surface area contributed by atoms with Crippen LogP contribution in [0.1, 0.15) is 30.5 Å². The minimum atomic E-state index is -0.115. The summed E-state index contributed by atoms with van der Waals surface area (Å²) in [6.45, 7) is 3.98. The fourth-order valence-corrected chi connectivity index (χ4v) is 2.38. The summed E-state index contributed by atoms with van der Waals surface area (Å²) in [6, 6.07) is 1.52. The Bertz CT molecular complexity index is 570. The van der Waals surface area contributed by atoms with E-state index in [1.54, 1.807) is 18.6 Å². The molecule has 0 aromatic carbocycles. The van der Waals surface area contributed by atoms with Gasteiger partial charge in [0.05, 0.1) is 10.9 Å². The van der Waals surface area contributed by atoms with Crippen molar-refractivity contribution in [2.75, 3.05) is 0 Å². The minimum absolute atomic E-state index is 0.0916. The molecule has 5 nitrogen and oxygen atoms in total. The highest BCUT2D eigenvalue weighted by Gasteiger charge is 2.11. The summed E-state index contributed by atoms with van der Waals surface area (Å²) in [5.41, 5.74) is 1.55. The van der Waals surface area contributed by atoms with E-state index in [0.29, 0.717) is 5.16 Å². The molecule has 2 rings (SSSR count). The smallest absolute Gasteiger partial charge is 0.251 e. The van der Waals surface area contributed by atoms with Gasteiger partial charge >= 0.3 is 0 Å². The van der Waals surface area contributed by atoms with Gasteiger partial charge in [-0.15, -0.1) is 0 Å². The quantitative estimate of drug-likeness (QED) is 0.673. The average molecular weight is 262 g/mol. The van der Waals surface area contributed by atoms with Gasteiger partial charge in [-0.05, 0) is 13.3 Å². The molecule has 0 fully saturated rings. The van der Waals surface area contributed by atoms with E-state index < -0.39 is 0 Å². The average Bonchev–Trinajstić information content (AvgIpc) is 2.39. The Morgan fingerprint density at radius 3 is 2.94 bits per heavy atom. The second kappa shape index (κ2) is 5.77. The number of nitrogens with one attached hydrogen (secondary N) is 1. The van der Waals surface area contributed by atoms with Crippen molar-refractivity contribution in [3.8, 4) is 0 Å². The number of hydrogen-bond acceptors (Lipinski definition) is 5. The van der Waals surface area contributed by atoms with Crippen LogP contribution in [0.2, 0.25) is 0 Å². The molecule has 0 aliphatic rings. The molecular formula is C12H14N4OS. The zero-order valence-electron chi connectivity index (χ0n) is 10.3. The molecule has 0 radical (unpaired) electrons. The van der Waals surface area contributed by atoms with Crippen LogP contribution < -0.4 is 5.56 Å². The van der Waals surface area contributed by atoms with Crippen molar-refractivity contribution in [1.29, 1.82) is 0 Å². The maximum Gasteiger partial charge on any atom is 0.251 e. The molecule has 1 N–H and O–H groups in total. The Labute approximate surface area is 109 Å². The number of thioether (sulfide) groups is 1. The highest BCUT2D eigenvalue weighted by Crippen LogP contribution is 2.30. The fourth-order valence-electron chi connectivity index (χ4n) is 1.47. The van der Waals surface area contributed by atoms with Gasteiger partial charge < -0.3 is 4.98 Å². The van der Waals surface area contributed by atoms with Gasteiger partial charge in [0.1, 0.15) is 0 Å². The van der Waals surface area contributed by atoms with Crippen LogP contribution >= 0.6 is 11.8 Å². The first-order valence-electron chi connectivity index (χ1n) is 5.72. The standard InChI is InChI=1S/C12H14N4OS/c1-3-9-6-11(17)16-12(15-9)18-8(2)10-7-13-4-5-14-10/h4-8H,3H2,1-2H3,(H,15,16,17)/t8-/m1/s1. The summed E-state index contributed by atoms with van der Waals surface area (Å²) in [6.07, 6.45) is 5.76. The van der Waals surface area contributed by atoms with Gasteiger partial charge in [-0.3, -0.25) is 14.8 Å². The van der Waals surface area contributed by atoms with E-state index in [9.17, 15) is 4.79 Å². The Balaban J connectivity index is 2.19. The molecular weight excluding hydrogens is 248 g/mol. The number of hydrogen-bond donors (Lipinski definition) is 1. The molecule has 0 aliphatic heterocycles. The number of aromatic amines is 1. The Hall–Kier alpha value is -1.69. The van der Waals surface area contributed by atoms with E-state index >= 15 is 0 Å². The van der Waals surface area contributed by atoms with Crippen LogP contribution in [0.3, 0.4) is 0 Å². The summed E-state index contributed by atoms with van der Waals surface area (Å²) >= 11 is 1.47. The van der Waals surface area contributed by atoms with E-state index in [2.05, 4.69) is 19.9 Å². The summed E-state index contributed by atoms with van der Waals surface area (Å²) in [4.78, 5) is 26.8. The van der Waals surface area contributed by atoms with Gasteiger partial charge in [-0.1, -0.05) is 18.7 Å². The molecule has 0 bridgehead atoms. The third-order valence-electron chi connectivity index (χ3n) is 2.42. The van der Waals surface area contributed by atoms with Crippen molar-refractivity contribution >= 4 is 11.8 Å². The van der Waals surface area contributed by atoms with Gasteiger partial charge in [0.25, 0.3) is 5.56 Å². The van der Waals surface area contributed by atoms with E-state index in [1.807, 2.05) is 13.8 Å². The van der Waals surface area contributed by atoms with Gasteiger partial charge in [0.2, 0.25) is 0 Å². The highest BCUT2D eigenvalue weighted by atomic mass is 32.2. The maximum absolute atomic E-state index is 11.5. The van der Waals surface area contributed by atoms with Crippen molar-refractivity contribution in [2.45, 2.75) is 30.7 Å². The summed E-state index contributed by atoms with van der Waals surface area (Å²) in [5, 5.41) is 0.714.